The fourth-order valence-corrected chi connectivity index (χ4v) is 3.27. The van der Waals surface area contributed by atoms with Gasteiger partial charge in [0.25, 0.3) is 5.91 Å². The van der Waals surface area contributed by atoms with Crippen molar-refractivity contribution in [2.24, 2.45) is 0 Å². The zero-order valence-electron chi connectivity index (χ0n) is 16.4. The van der Waals surface area contributed by atoms with E-state index in [-0.39, 0.29) is 5.91 Å². The summed E-state index contributed by atoms with van der Waals surface area (Å²) in [6, 6.07) is 11.6. The molecule has 0 radical (unpaired) electrons. The number of hydrogen-bond donors (Lipinski definition) is 0. The van der Waals surface area contributed by atoms with Gasteiger partial charge in [0.2, 0.25) is 0 Å². The Morgan fingerprint density at radius 2 is 1.89 bits per heavy atom. The number of piperazine rings is 1. The van der Waals surface area contributed by atoms with Gasteiger partial charge in [-0.2, -0.15) is 0 Å². The second kappa shape index (κ2) is 9.51. The molecule has 5 nitrogen and oxygen atoms in total. The van der Waals surface area contributed by atoms with Crippen molar-refractivity contribution in [1.82, 2.24) is 14.8 Å². The highest BCUT2D eigenvalue weighted by Crippen LogP contribution is 2.21. The zero-order chi connectivity index (χ0) is 19.1. The van der Waals surface area contributed by atoms with E-state index in [0.717, 1.165) is 51.3 Å². The topological polar surface area (TPSA) is 45.7 Å². The number of aromatic nitrogens is 1. The molecule has 0 saturated carbocycles. The lowest BCUT2D eigenvalue weighted by Crippen LogP contribution is -2.48. The fraction of sp³-hybridized carbons (Fsp3) is 0.455. The first kappa shape index (κ1) is 19.4. The summed E-state index contributed by atoms with van der Waals surface area (Å²) < 4.78 is 5.84. The predicted molar refractivity (Wildman–Crippen MR) is 107 cm³/mol. The number of carbonyl (C=O) groups is 1. The quantitative estimate of drug-likeness (QED) is 0.703. The van der Waals surface area contributed by atoms with Crippen molar-refractivity contribution in [2.75, 3.05) is 32.8 Å². The molecule has 5 heteroatoms. The Morgan fingerprint density at radius 1 is 1.11 bits per heavy atom. The molecule has 0 N–H and O–H groups in total. The number of para-hydroxylation sites is 1. The molecule has 144 valence electrons. The van der Waals surface area contributed by atoms with Gasteiger partial charge in [0.15, 0.2) is 0 Å². The number of amides is 1. The Balaban J connectivity index is 1.58. The van der Waals surface area contributed by atoms with Crippen LogP contribution in [-0.4, -0.2) is 53.5 Å². The van der Waals surface area contributed by atoms with Crippen molar-refractivity contribution < 1.29 is 9.53 Å². The third-order valence-electron chi connectivity index (χ3n) is 5.02. The molecule has 1 aliphatic heterocycles. The molecular weight excluding hydrogens is 338 g/mol. The molecule has 1 aromatic carbocycles. The van der Waals surface area contributed by atoms with Crippen LogP contribution in [0.2, 0.25) is 0 Å². The summed E-state index contributed by atoms with van der Waals surface area (Å²) >= 11 is 0. The molecule has 1 aromatic heterocycles. The van der Waals surface area contributed by atoms with E-state index in [2.05, 4.69) is 29.8 Å². The molecule has 3 rings (SSSR count). The van der Waals surface area contributed by atoms with Gasteiger partial charge in [0, 0.05) is 38.9 Å². The van der Waals surface area contributed by atoms with E-state index in [9.17, 15) is 4.79 Å². The first-order valence-electron chi connectivity index (χ1n) is 9.83. The molecule has 2 heterocycles. The molecule has 0 unspecified atom stereocenters. The van der Waals surface area contributed by atoms with Crippen molar-refractivity contribution in [3.63, 3.8) is 0 Å². The van der Waals surface area contributed by atoms with Gasteiger partial charge in [-0.1, -0.05) is 31.5 Å². The number of pyridine rings is 1. The first-order valence-corrected chi connectivity index (χ1v) is 9.83. The SMILES string of the molecule is CCCCOc1ccccc1C(=O)N1CCN(Cc2ncccc2C)CC1. The predicted octanol–water partition coefficient (Wildman–Crippen LogP) is 3.53. The maximum absolute atomic E-state index is 13.0. The van der Waals surface area contributed by atoms with Crippen LogP contribution in [0.25, 0.3) is 0 Å². The van der Waals surface area contributed by atoms with Crippen LogP contribution in [-0.2, 0) is 6.54 Å². The monoisotopic (exact) mass is 367 g/mol. The van der Waals surface area contributed by atoms with Crippen molar-refractivity contribution in [2.45, 2.75) is 33.2 Å². The summed E-state index contributed by atoms with van der Waals surface area (Å²) in [6.45, 7) is 8.90. The number of unbranched alkanes of at least 4 members (excludes halogenated alkanes) is 1. The third-order valence-corrected chi connectivity index (χ3v) is 5.02. The Kier molecular flexibility index (Phi) is 6.82. The molecule has 1 saturated heterocycles. The molecule has 1 fully saturated rings. The molecule has 1 amide bonds. The molecule has 0 aliphatic carbocycles. The summed E-state index contributed by atoms with van der Waals surface area (Å²) in [5, 5.41) is 0. The van der Waals surface area contributed by atoms with Crippen molar-refractivity contribution in [1.29, 1.82) is 0 Å². The lowest BCUT2D eigenvalue weighted by molar-refractivity contribution is 0.0622. The van der Waals surface area contributed by atoms with E-state index in [1.54, 1.807) is 0 Å². The lowest BCUT2D eigenvalue weighted by atomic mass is 10.1. The zero-order valence-corrected chi connectivity index (χ0v) is 16.4. The van der Waals surface area contributed by atoms with Gasteiger partial charge in [0.05, 0.1) is 17.9 Å². The van der Waals surface area contributed by atoms with Gasteiger partial charge in [-0.05, 0) is 37.1 Å². The fourth-order valence-electron chi connectivity index (χ4n) is 3.27. The third kappa shape index (κ3) is 5.07. The van der Waals surface area contributed by atoms with E-state index < -0.39 is 0 Å². The number of hydrogen-bond acceptors (Lipinski definition) is 4. The maximum atomic E-state index is 13.0. The minimum Gasteiger partial charge on any atom is -0.493 e. The summed E-state index contributed by atoms with van der Waals surface area (Å²) in [4.78, 5) is 21.8. The van der Waals surface area contributed by atoms with Crippen LogP contribution in [0, 0.1) is 6.92 Å². The maximum Gasteiger partial charge on any atom is 0.257 e. The normalized spacial score (nSPS) is 15.0. The van der Waals surface area contributed by atoms with Crippen LogP contribution in [0.15, 0.2) is 42.6 Å². The van der Waals surface area contributed by atoms with E-state index >= 15 is 0 Å². The molecular formula is C22H29N3O2. The van der Waals surface area contributed by atoms with Crippen LogP contribution in [0.5, 0.6) is 5.75 Å². The number of benzene rings is 1. The molecule has 2 aromatic rings. The summed E-state index contributed by atoms with van der Waals surface area (Å²) in [6.07, 6.45) is 3.92. The van der Waals surface area contributed by atoms with Crippen LogP contribution < -0.4 is 4.74 Å². The Labute approximate surface area is 162 Å². The van der Waals surface area contributed by atoms with E-state index in [1.807, 2.05) is 41.4 Å². The van der Waals surface area contributed by atoms with Crippen LogP contribution >= 0.6 is 0 Å². The van der Waals surface area contributed by atoms with Gasteiger partial charge in [-0.15, -0.1) is 0 Å². The van der Waals surface area contributed by atoms with Crippen molar-refractivity contribution in [3.05, 3.63) is 59.4 Å². The first-order chi connectivity index (χ1) is 13.2. The van der Waals surface area contributed by atoms with Gasteiger partial charge < -0.3 is 9.64 Å². The Hall–Kier alpha value is -2.40. The molecule has 0 atom stereocenters. The summed E-state index contributed by atoms with van der Waals surface area (Å²) in [7, 11) is 0. The number of rotatable bonds is 7. The average Bonchev–Trinajstić information content (AvgIpc) is 2.70. The van der Waals surface area contributed by atoms with Gasteiger partial charge >= 0.3 is 0 Å². The minimum atomic E-state index is 0.0655. The standard InChI is InChI=1S/C22H29N3O2/c1-3-4-16-27-21-10-6-5-9-19(21)22(26)25-14-12-24(13-15-25)17-20-18(2)8-7-11-23-20/h5-11H,3-4,12-17H2,1-2H3. The van der Waals surface area contributed by atoms with Crippen molar-refractivity contribution in [3.8, 4) is 5.75 Å². The van der Waals surface area contributed by atoms with Crippen LogP contribution in [0.4, 0.5) is 0 Å². The second-order valence-corrected chi connectivity index (χ2v) is 7.03. The highest BCUT2D eigenvalue weighted by molar-refractivity contribution is 5.97. The highest BCUT2D eigenvalue weighted by atomic mass is 16.5. The van der Waals surface area contributed by atoms with Gasteiger partial charge in [0.1, 0.15) is 5.75 Å². The van der Waals surface area contributed by atoms with Gasteiger partial charge in [-0.25, -0.2) is 0 Å². The van der Waals surface area contributed by atoms with Crippen molar-refractivity contribution >= 4 is 5.91 Å². The Bertz CT molecular complexity index is 755. The van der Waals surface area contributed by atoms with Gasteiger partial charge in [-0.3, -0.25) is 14.7 Å². The van der Waals surface area contributed by atoms with E-state index in [0.29, 0.717) is 17.9 Å². The number of carbonyl (C=O) groups excluding carboxylic acids is 1. The van der Waals surface area contributed by atoms with Crippen LogP contribution in [0.3, 0.4) is 0 Å². The molecule has 1 aliphatic rings. The number of aryl methyl sites for hydroxylation is 1. The summed E-state index contributed by atoms with van der Waals surface area (Å²) in [5.41, 5.74) is 3.00. The lowest BCUT2D eigenvalue weighted by Gasteiger charge is -2.35. The molecule has 27 heavy (non-hydrogen) atoms. The summed E-state index contributed by atoms with van der Waals surface area (Å²) in [5.74, 6) is 0.762. The number of nitrogens with zero attached hydrogens (tertiary/aromatic N) is 3. The number of ether oxygens (including phenoxy) is 1. The van der Waals surface area contributed by atoms with Crippen LogP contribution in [0.1, 0.15) is 41.4 Å². The molecule has 0 bridgehead atoms. The molecule has 0 spiro atoms. The van der Waals surface area contributed by atoms with E-state index in [4.69, 9.17) is 4.74 Å². The highest BCUT2D eigenvalue weighted by Gasteiger charge is 2.24. The largest absolute Gasteiger partial charge is 0.493 e. The Morgan fingerprint density at radius 3 is 2.63 bits per heavy atom. The average molecular weight is 367 g/mol. The van der Waals surface area contributed by atoms with E-state index in [1.165, 1.54) is 5.56 Å². The minimum absolute atomic E-state index is 0.0655. The second-order valence-electron chi connectivity index (χ2n) is 7.03. The smallest absolute Gasteiger partial charge is 0.257 e.